The van der Waals surface area contributed by atoms with Crippen LogP contribution < -0.4 is 19.5 Å². The van der Waals surface area contributed by atoms with Gasteiger partial charge in [0.05, 0.1) is 13.7 Å². The number of hydrogen-bond acceptors (Lipinski definition) is 4. The third kappa shape index (κ3) is 5.04. The van der Waals surface area contributed by atoms with E-state index in [2.05, 4.69) is 5.32 Å². The number of anilines is 1. The molecule has 0 aromatic heterocycles. The van der Waals surface area contributed by atoms with Crippen molar-refractivity contribution in [2.24, 2.45) is 0 Å². The maximum atomic E-state index is 12.5. The number of ether oxygens (including phenoxy) is 3. The number of methoxy groups -OCH3 is 1. The Hall–Kier alpha value is -3.47. The van der Waals surface area contributed by atoms with Gasteiger partial charge in [-0.1, -0.05) is 30.3 Å². The second kappa shape index (κ2) is 9.46. The van der Waals surface area contributed by atoms with Gasteiger partial charge in [-0.3, -0.25) is 4.79 Å². The number of nitrogens with one attached hydrogen (secondary N) is 1. The highest BCUT2D eigenvalue weighted by Gasteiger charge is 2.11. The van der Waals surface area contributed by atoms with Crippen molar-refractivity contribution >= 4 is 11.6 Å². The zero-order chi connectivity index (χ0) is 19.8. The molecule has 0 saturated heterocycles. The smallest absolute Gasteiger partial charge is 0.255 e. The summed E-state index contributed by atoms with van der Waals surface area (Å²) < 4.78 is 16.5. The van der Waals surface area contributed by atoms with E-state index in [0.717, 1.165) is 11.3 Å². The molecule has 0 heterocycles. The molecule has 3 aromatic carbocycles. The molecule has 3 rings (SSSR count). The molecule has 0 radical (unpaired) electrons. The molecule has 0 aliphatic heterocycles. The minimum Gasteiger partial charge on any atom is -0.493 e. The van der Waals surface area contributed by atoms with Crippen molar-refractivity contribution in [3.8, 4) is 17.2 Å². The topological polar surface area (TPSA) is 56.8 Å². The van der Waals surface area contributed by atoms with Crippen molar-refractivity contribution in [1.82, 2.24) is 0 Å². The molecule has 0 atom stereocenters. The molecule has 1 N–H and O–H groups in total. The first kappa shape index (κ1) is 19.3. The highest BCUT2D eigenvalue weighted by Crippen LogP contribution is 2.28. The summed E-state index contributed by atoms with van der Waals surface area (Å²) in [5.74, 6) is 1.66. The Bertz CT molecular complexity index is 908. The molecule has 28 heavy (non-hydrogen) atoms. The first-order valence-corrected chi connectivity index (χ1v) is 9.08. The molecule has 0 unspecified atom stereocenters. The van der Waals surface area contributed by atoms with Crippen LogP contribution in [0.3, 0.4) is 0 Å². The van der Waals surface area contributed by atoms with E-state index in [9.17, 15) is 4.79 Å². The van der Waals surface area contributed by atoms with E-state index in [-0.39, 0.29) is 5.91 Å². The van der Waals surface area contributed by atoms with Gasteiger partial charge in [-0.25, -0.2) is 0 Å². The summed E-state index contributed by atoms with van der Waals surface area (Å²) in [5, 5.41) is 2.87. The van der Waals surface area contributed by atoms with Crippen LogP contribution in [0, 0.1) is 0 Å². The van der Waals surface area contributed by atoms with Gasteiger partial charge in [-0.2, -0.15) is 0 Å². The predicted molar refractivity (Wildman–Crippen MR) is 109 cm³/mol. The molecule has 0 fully saturated rings. The van der Waals surface area contributed by atoms with Gasteiger partial charge in [0.2, 0.25) is 0 Å². The molecule has 3 aromatic rings. The van der Waals surface area contributed by atoms with Crippen LogP contribution in [0.4, 0.5) is 5.69 Å². The lowest BCUT2D eigenvalue weighted by Crippen LogP contribution is -2.12. The van der Waals surface area contributed by atoms with Crippen molar-refractivity contribution in [2.45, 2.75) is 13.5 Å². The fourth-order valence-electron chi connectivity index (χ4n) is 2.66. The molecular weight excluding hydrogens is 354 g/mol. The minimum absolute atomic E-state index is 0.223. The van der Waals surface area contributed by atoms with Crippen LogP contribution in [0.25, 0.3) is 0 Å². The highest BCUT2D eigenvalue weighted by molar-refractivity contribution is 6.04. The standard InChI is InChI=1S/C23H23NO4/c1-3-27-21-14-9-18(15-22(21)26-2)23(25)24-19-10-12-20(13-11-19)28-16-17-7-5-4-6-8-17/h4-15H,3,16H2,1-2H3,(H,24,25). The third-order valence-corrected chi connectivity index (χ3v) is 4.09. The molecule has 5 heteroatoms. The summed E-state index contributed by atoms with van der Waals surface area (Å²) in [7, 11) is 1.55. The Morgan fingerprint density at radius 2 is 1.64 bits per heavy atom. The van der Waals surface area contributed by atoms with Crippen molar-refractivity contribution in [2.75, 3.05) is 19.0 Å². The van der Waals surface area contributed by atoms with Gasteiger partial charge in [-0.05, 0) is 55.0 Å². The second-order valence-electron chi connectivity index (χ2n) is 6.05. The minimum atomic E-state index is -0.223. The van der Waals surface area contributed by atoms with Crippen molar-refractivity contribution < 1.29 is 19.0 Å². The average Bonchev–Trinajstić information content (AvgIpc) is 2.74. The molecule has 0 saturated carbocycles. The molecule has 1 amide bonds. The highest BCUT2D eigenvalue weighted by atomic mass is 16.5. The molecule has 144 valence electrons. The van der Waals surface area contributed by atoms with Crippen molar-refractivity contribution in [1.29, 1.82) is 0 Å². The lowest BCUT2D eigenvalue weighted by molar-refractivity contribution is 0.102. The van der Waals surface area contributed by atoms with Gasteiger partial charge in [-0.15, -0.1) is 0 Å². The molecular formula is C23H23NO4. The lowest BCUT2D eigenvalue weighted by Gasteiger charge is -2.11. The van der Waals surface area contributed by atoms with Crippen LogP contribution in [0.5, 0.6) is 17.2 Å². The second-order valence-corrected chi connectivity index (χ2v) is 6.05. The normalized spacial score (nSPS) is 10.2. The monoisotopic (exact) mass is 377 g/mol. The molecule has 0 spiro atoms. The number of rotatable bonds is 8. The molecule has 0 aliphatic rings. The van der Waals surface area contributed by atoms with Crippen LogP contribution in [0.1, 0.15) is 22.8 Å². The summed E-state index contributed by atoms with van der Waals surface area (Å²) in [6.07, 6.45) is 0. The number of amides is 1. The Balaban J connectivity index is 1.61. The number of benzene rings is 3. The van der Waals surface area contributed by atoms with Gasteiger partial charge in [0.25, 0.3) is 5.91 Å². The fourth-order valence-corrected chi connectivity index (χ4v) is 2.66. The van der Waals surface area contributed by atoms with Crippen LogP contribution >= 0.6 is 0 Å². The average molecular weight is 377 g/mol. The van der Waals surface area contributed by atoms with E-state index in [1.807, 2.05) is 61.5 Å². The van der Waals surface area contributed by atoms with E-state index < -0.39 is 0 Å². The van der Waals surface area contributed by atoms with Gasteiger partial charge in [0.1, 0.15) is 12.4 Å². The summed E-state index contributed by atoms with van der Waals surface area (Å²) in [6, 6.07) is 22.3. The SMILES string of the molecule is CCOc1ccc(C(=O)Nc2ccc(OCc3ccccc3)cc2)cc1OC. The Labute approximate surface area is 164 Å². The first-order valence-electron chi connectivity index (χ1n) is 9.08. The Kier molecular flexibility index (Phi) is 6.52. The van der Waals surface area contributed by atoms with Crippen molar-refractivity contribution in [3.63, 3.8) is 0 Å². The van der Waals surface area contributed by atoms with E-state index in [1.54, 1.807) is 25.3 Å². The van der Waals surface area contributed by atoms with E-state index in [4.69, 9.17) is 14.2 Å². The van der Waals surface area contributed by atoms with Gasteiger partial charge < -0.3 is 19.5 Å². The molecule has 5 nitrogen and oxygen atoms in total. The van der Waals surface area contributed by atoms with Gasteiger partial charge in [0, 0.05) is 11.3 Å². The van der Waals surface area contributed by atoms with Crippen molar-refractivity contribution in [3.05, 3.63) is 83.9 Å². The van der Waals surface area contributed by atoms with Crippen LogP contribution in [0.2, 0.25) is 0 Å². The summed E-state index contributed by atoms with van der Waals surface area (Å²) in [4.78, 5) is 12.5. The number of carbonyl (C=O) groups excluding carboxylic acids is 1. The van der Waals surface area contributed by atoms with E-state index in [1.165, 1.54) is 0 Å². The van der Waals surface area contributed by atoms with E-state index in [0.29, 0.717) is 36.0 Å². The number of carbonyl (C=O) groups is 1. The zero-order valence-electron chi connectivity index (χ0n) is 16.0. The summed E-state index contributed by atoms with van der Waals surface area (Å²) >= 11 is 0. The Morgan fingerprint density at radius 1 is 0.893 bits per heavy atom. The molecule has 0 aliphatic carbocycles. The largest absolute Gasteiger partial charge is 0.493 e. The first-order chi connectivity index (χ1) is 13.7. The zero-order valence-corrected chi connectivity index (χ0v) is 16.0. The maximum absolute atomic E-state index is 12.5. The van der Waals surface area contributed by atoms with Crippen LogP contribution in [-0.4, -0.2) is 19.6 Å². The summed E-state index contributed by atoms with van der Waals surface area (Å²) in [5.41, 5.74) is 2.28. The molecule has 0 bridgehead atoms. The fraction of sp³-hybridized carbons (Fsp3) is 0.174. The third-order valence-electron chi connectivity index (χ3n) is 4.09. The Morgan fingerprint density at radius 3 is 2.32 bits per heavy atom. The predicted octanol–water partition coefficient (Wildman–Crippen LogP) is 4.93. The van der Waals surface area contributed by atoms with Gasteiger partial charge in [0.15, 0.2) is 11.5 Å². The van der Waals surface area contributed by atoms with Gasteiger partial charge >= 0.3 is 0 Å². The van der Waals surface area contributed by atoms with Crippen LogP contribution in [-0.2, 0) is 6.61 Å². The summed E-state index contributed by atoms with van der Waals surface area (Å²) in [6.45, 7) is 2.92. The maximum Gasteiger partial charge on any atom is 0.255 e. The quantitative estimate of drug-likeness (QED) is 0.605. The van der Waals surface area contributed by atoms with E-state index >= 15 is 0 Å². The number of hydrogen-bond donors (Lipinski definition) is 1. The lowest BCUT2D eigenvalue weighted by atomic mass is 10.2. The van der Waals surface area contributed by atoms with Crippen LogP contribution in [0.15, 0.2) is 72.8 Å².